The molecule has 1 saturated carbocycles. The summed E-state index contributed by atoms with van der Waals surface area (Å²) in [6.07, 6.45) is 0.0933. The van der Waals surface area contributed by atoms with E-state index >= 15 is 0 Å². The number of carboxylic acids is 1. The van der Waals surface area contributed by atoms with Crippen LogP contribution in [-0.4, -0.2) is 25.8 Å². The monoisotopic (exact) mass is 373 g/mol. The molecule has 1 aromatic carbocycles. The van der Waals surface area contributed by atoms with E-state index in [1.54, 1.807) is 12.1 Å². The zero-order chi connectivity index (χ0) is 19.2. The highest BCUT2D eigenvalue weighted by Crippen LogP contribution is 2.45. The number of carbonyl (C=O) groups is 1. The van der Waals surface area contributed by atoms with Crippen molar-refractivity contribution in [3.63, 3.8) is 0 Å². The van der Waals surface area contributed by atoms with Crippen molar-refractivity contribution in [3.8, 4) is 16.9 Å². The SMILES string of the molecule is O=C(O)c1c(-c2ccncc2)nn(-c2cccc(C(F)(F)F)c2)c1C1CC1. The summed E-state index contributed by atoms with van der Waals surface area (Å²) >= 11 is 0. The van der Waals surface area contributed by atoms with E-state index in [1.165, 1.54) is 29.2 Å². The molecule has 2 heterocycles. The fourth-order valence-corrected chi connectivity index (χ4v) is 3.10. The lowest BCUT2D eigenvalue weighted by molar-refractivity contribution is -0.137. The van der Waals surface area contributed by atoms with Crippen molar-refractivity contribution in [1.29, 1.82) is 0 Å². The van der Waals surface area contributed by atoms with Crippen molar-refractivity contribution < 1.29 is 23.1 Å². The van der Waals surface area contributed by atoms with Gasteiger partial charge < -0.3 is 5.11 Å². The molecule has 1 N–H and O–H groups in total. The molecule has 0 bridgehead atoms. The second kappa shape index (κ2) is 6.22. The topological polar surface area (TPSA) is 68.0 Å². The van der Waals surface area contributed by atoms with Gasteiger partial charge in [0, 0.05) is 23.9 Å². The molecule has 2 aromatic heterocycles. The molecule has 5 nitrogen and oxygen atoms in total. The van der Waals surface area contributed by atoms with E-state index in [2.05, 4.69) is 10.1 Å². The number of benzene rings is 1. The first kappa shape index (κ1) is 17.3. The Kier molecular flexibility index (Phi) is 3.98. The van der Waals surface area contributed by atoms with Gasteiger partial charge >= 0.3 is 12.1 Å². The Balaban J connectivity index is 1.95. The van der Waals surface area contributed by atoms with Crippen molar-refractivity contribution in [1.82, 2.24) is 14.8 Å². The molecule has 3 aromatic rings. The number of alkyl halides is 3. The van der Waals surface area contributed by atoms with Crippen LogP contribution in [0.15, 0.2) is 48.8 Å². The van der Waals surface area contributed by atoms with Gasteiger partial charge in [-0.2, -0.15) is 18.3 Å². The van der Waals surface area contributed by atoms with Crippen molar-refractivity contribution in [2.24, 2.45) is 0 Å². The molecule has 0 saturated heterocycles. The highest BCUT2D eigenvalue weighted by atomic mass is 19.4. The average molecular weight is 373 g/mol. The van der Waals surface area contributed by atoms with E-state index in [0.29, 0.717) is 11.3 Å². The normalized spacial score (nSPS) is 14.3. The smallest absolute Gasteiger partial charge is 0.416 e. The molecule has 1 aliphatic rings. The van der Waals surface area contributed by atoms with Gasteiger partial charge in [0.2, 0.25) is 0 Å². The van der Waals surface area contributed by atoms with Crippen molar-refractivity contribution in [2.45, 2.75) is 24.9 Å². The number of carboxylic acid groups (broad SMARTS) is 1. The molecule has 1 fully saturated rings. The van der Waals surface area contributed by atoms with E-state index < -0.39 is 17.7 Å². The van der Waals surface area contributed by atoms with Crippen molar-refractivity contribution >= 4 is 5.97 Å². The molecule has 4 rings (SSSR count). The number of nitrogens with zero attached hydrogens (tertiary/aromatic N) is 3. The lowest BCUT2D eigenvalue weighted by Gasteiger charge is -2.11. The number of aromatic carboxylic acids is 1. The Morgan fingerprint density at radius 1 is 1.15 bits per heavy atom. The lowest BCUT2D eigenvalue weighted by atomic mass is 10.0. The van der Waals surface area contributed by atoms with Crippen LogP contribution in [0.1, 0.15) is 40.4 Å². The van der Waals surface area contributed by atoms with E-state index in [4.69, 9.17) is 0 Å². The first-order chi connectivity index (χ1) is 12.9. The molecular weight excluding hydrogens is 359 g/mol. The Hall–Kier alpha value is -3.16. The highest BCUT2D eigenvalue weighted by Gasteiger charge is 2.36. The van der Waals surface area contributed by atoms with Crippen LogP contribution < -0.4 is 0 Å². The number of pyridine rings is 1. The summed E-state index contributed by atoms with van der Waals surface area (Å²) in [7, 11) is 0. The molecule has 0 spiro atoms. The van der Waals surface area contributed by atoms with Crippen molar-refractivity contribution in [3.05, 3.63) is 65.6 Å². The quantitative estimate of drug-likeness (QED) is 0.730. The zero-order valence-corrected chi connectivity index (χ0v) is 13.9. The first-order valence-electron chi connectivity index (χ1n) is 8.30. The standard InChI is InChI=1S/C19H14F3N3O2/c20-19(21,22)13-2-1-3-14(10-13)25-17(12-4-5-12)15(18(26)27)16(24-25)11-6-8-23-9-7-11/h1-3,6-10,12H,4-5H2,(H,26,27). The largest absolute Gasteiger partial charge is 0.478 e. The molecule has 0 aliphatic heterocycles. The summed E-state index contributed by atoms with van der Waals surface area (Å²) in [6.45, 7) is 0. The molecule has 0 radical (unpaired) electrons. The van der Waals surface area contributed by atoms with Gasteiger partial charge in [-0.25, -0.2) is 9.48 Å². The van der Waals surface area contributed by atoms with Crippen LogP contribution in [0.5, 0.6) is 0 Å². The van der Waals surface area contributed by atoms with Gasteiger partial charge in [0.1, 0.15) is 11.3 Å². The Bertz CT molecular complexity index is 1010. The van der Waals surface area contributed by atoms with Gasteiger partial charge in [-0.05, 0) is 43.2 Å². The van der Waals surface area contributed by atoms with Crippen LogP contribution >= 0.6 is 0 Å². The average Bonchev–Trinajstić information content (AvgIpc) is 3.40. The molecular formula is C19H14F3N3O2. The summed E-state index contributed by atoms with van der Waals surface area (Å²) < 4.78 is 40.6. The first-order valence-corrected chi connectivity index (χ1v) is 8.30. The second-order valence-electron chi connectivity index (χ2n) is 6.38. The van der Waals surface area contributed by atoms with Crippen LogP contribution in [0.3, 0.4) is 0 Å². The minimum absolute atomic E-state index is 0.0288. The minimum atomic E-state index is -4.49. The summed E-state index contributed by atoms with van der Waals surface area (Å²) in [4.78, 5) is 15.9. The van der Waals surface area contributed by atoms with Gasteiger partial charge in [-0.15, -0.1) is 0 Å². The third kappa shape index (κ3) is 3.18. The summed E-state index contributed by atoms with van der Waals surface area (Å²) in [5, 5.41) is 14.2. The van der Waals surface area contributed by atoms with Crippen LogP contribution in [-0.2, 0) is 6.18 Å². The van der Waals surface area contributed by atoms with Gasteiger partial charge in [0.05, 0.1) is 16.9 Å². The second-order valence-corrected chi connectivity index (χ2v) is 6.38. The summed E-state index contributed by atoms with van der Waals surface area (Å²) in [5.74, 6) is -1.18. The Morgan fingerprint density at radius 3 is 2.44 bits per heavy atom. The van der Waals surface area contributed by atoms with Gasteiger partial charge in [-0.3, -0.25) is 4.98 Å². The number of rotatable bonds is 4. The molecule has 138 valence electrons. The van der Waals surface area contributed by atoms with Crippen LogP contribution in [0, 0.1) is 0 Å². The molecule has 8 heteroatoms. The Morgan fingerprint density at radius 2 is 1.85 bits per heavy atom. The highest BCUT2D eigenvalue weighted by molar-refractivity contribution is 5.96. The predicted molar refractivity (Wildman–Crippen MR) is 90.7 cm³/mol. The predicted octanol–water partition coefficient (Wildman–Crippen LogP) is 4.53. The van der Waals surface area contributed by atoms with Crippen molar-refractivity contribution in [2.75, 3.05) is 0 Å². The third-order valence-electron chi connectivity index (χ3n) is 4.47. The summed E-state index contributed by atoms with van der Waals surface area (Å²) in [6, 6.07) is 8.01. The molecule has 1 aliphatic carbocycles. The van der Waals surface area contributed by atoms with Gasteiger partial charge in [0.15, 0.2) is 0 Å². The number of aromatic nitrogens is 3. The van der Waals surface area contributed by atoms with E-state index in [-0.39, 0.29) is 22.9 Å². The maximum absolute atomic E-state index is 13.1. The maximum atomic E-state index is 13.1. The fraction of sp³-hybridized carbons (Fsp3) is 0.211. The van der Waals surface area contributed by atoms with Gasteiger partial charge in [0.25, 0.3) is 0 Å². The van der Waals surface area contributed by atoms with E-state index in [9.17, 15) is 23.1 Å². The molecule has 0 unspecified atom stereocenters. The van der Waals surface area contributed by atoms with Crippen LogP contribution in [0.2, 0.25) is 0 Å². The lowest BCUT2D eigenvalue weighted by Crippen LogP contribution is -2.09. The maximum Gasteiger partial charge on any atom is 0.416 e. The molecule has 27 heavy (non-hydrogen) atoms. The number of halogens is 3. The van der Waals surface area contributed by atoms with E-state index in [1.807, 2.05) is 0 Å². The van der Waals surface area contributed by atoms with Gasteiger partial charge in [-0.1, -0.05) is 6.07 Å². The molecule has 0 amide bonds. The summed E-state index contributed by atoms with van der Waals surface area (Å²) in [5.41, 5.74) is 0.628. The van der Waals surface area contributed by atoms with E-state index in [0.717, 1.165) is 25.0 Å². The zero-order valence-electron chi connectivity index (χ0n) is 13.9. The molecule has 0 atom stereocenters. The number of hydrogen-bond acceptors (Lipinski definition) is 3. The van der Waals surface area contributed by atoms with Crippen LogP contribution in [0.25, 0.3) is 16.9 Å². The number of hydrogen-bond donors (Lipinski definition) is 1. The Labute approximate surface area is 152 Å². The van der Waals surface area contributed by atoms with Crippen LogP contribution in [0.4, 0.5) is 13.2 Å². The minimum Gasteiger partial charge on any atom is -0.478 e. The fourth-order valence-electron chi connectivity index (χ4n) is 3.10. The third-order valence-corrected chi connectivity index (χ3v) is 4.47.